The Labute approximate surface area is 168 Å². The van der Waals surface area contributed by atoms with E-state index in [2.05, 4.69) is 31.8 Å². The largest absolute Gasteiger partial charge is 0.455 e. The third kappa shape index (κ3) is 5.04. The van der Waals surface area contributed by atoms with Crippen molar-refractivity contribution in [2.45, 2.75) is 0 Å². The quantitative estimate of drug-likeness (QED) is 0.324. The second-order valence-electron chi connectivity index (χ2n) is 5.64. The number of hydrogen-bond acceptors (Lipinski definition) is 6. The molecule has 28 heavy (non-hydrogen) atoms. The third-order valence-electron chi connectivity index (χ3n) is 3.66. The summed E-state index contributed by atoms with van der Waals surface area (Å²) in [6, 6.07) is 17.2. The minimum Gasteiger partial charge on any atom is -0.455 e. The van der Waals surface area contributed by atoms with E-state index >= 15 is 0 Å². The summed E-state index contributed by atoms with van der Waals surface area (Å²) in [7, 11) is 0. The zero-order chi connectivity index (χ0) is 19.9. The van der Waals surface area contributed by atoms with Crippen LogP contribution in [0.15, 0.2) is 74.7 Å². The van der Waals surface area contributed by atoms with Crippen molar-refractivity contribution in [2.24, 2.45) is 5.10 Å². The van der Waals surface area contributed by atoms with Crippen LogP contribution in [0.3, 0.4) is 0 Å². The van der Waals surface area contributed by atoms with Crippen LogP contribution in [0.4, 0.5) is 11.4 Å². The number of benzene rings is 2. The van der Waals surface area contributed by atoms with Gasteiger partial charge in [-0.3, -0.25) is 14.9 Å². The number of para-hydroxylation sites is 1. The van der Waals surface area contributed by atoms with E-state index in [1.807, 2.05) is 30.3 Å². The molecule has 1 amide bonds. The maximum atomic E-state index is 11.8. The molecule has 0 saturated heterocycles. The summed E-state index contributed by atoms with van der Waals surface area (Å²) in [6.07, 6.45) is 1.38. The molecular formula is C19H15BrN4O4. The lowest BCUT2D eigenvalue weighted by atomic mass is 10.1. The summed E-state index contributed by atoms with van der Waals surface area (Å²) in [6.45, 7) is 0.0838. The summed E-state index contributed by atoms with van der Waals surface area (Å²) in [5.74, 6) is 0.641. The number of hydrazone groups is 1. The van der Waals surface area contributed by atoms with Crippen molar-refractivity contribution in [1.29, 1.82) is 0 Å². The molecule has 0 radical (unpaired) electrons. The number of carbonyl (C=O) groups is 1. The number of carbonyl (C=O) groups excluding carboxylic acids is 1. The second-order valence-corrected chi connectivity index (χ2v) is 6.49. The number of anilines is 1. The molecule has 0 aliphatic carbocycles. The highest BCUT2D eigenvalue weighted by Crippen LogP contribution is 2.32. The first kappa shape index (κ1) is 19.3. The number of nitrogens with one attached hydrogen (secondary N) is 2. The SMILES string of the molecule is O=C(CNc1ccccc1)N/N=C\c1ccc(-c2ccc([N+](=O)[O-])cc2Br)o1. The molecular weight excluding hydrogens is 428 g/mol. The molecule has 0 fully saturated rings. The zero-order valence-electron chi connectivity index (χ0n) is 14.5. The molecule has 1 heterocycles. The van der Waals surface area contributed by atoms with Crippen LogP contribution in [0.25, 0.3) is 11.3 Å². The van der Waals surface area contributed by atoms with Crippen molar-refractivity contribution in [1.82, 2.24) is 5.43 Å². The summed E-state index contributed by atoms with van der Waals surface area (Å²) in [4.78, 5) is 22.1. The van der Waals surface area contributed by atoms with E-state index in [9.17, 15) is 14.9 Å². The smallest absolute Gasteiger partial charge is 0.270 e. The average molecular weight is 443 g/mol. The van der Waals surface area contributed by atoms with E-state index < -0.39 is 4.92 Å². The molecule has 142 valence electrons. The molecule has 3 rings (SSSR count). The van der Waals surface area contributed by atoms with Crippen molar-refractivity contribution in [2.75, 3.05) is 11.9 Å². The molecule has 2 aromatic carbocycles. The zero-order valence-corrected chi connectivity index (χ0v) is 16.0. The lowest BCUT2D eigenvalue weighted by Crippen LogP contribution is -2.25. The molecule has 1 aromatic heterocycles. The van der Waals surface area contributed by atoms with Crippen LogP contribution in [0.1, 0.15) is 5.76 Å². The minimum atomic E-state index is -0.468. The molecule has 9 heteroatoms. The summed E-state index contributed by atoms with van der Waals surface area (Å²) in [5.41, 5.74) is 3.89. The lowest BCUT2D eigenvalue weighted by Gasteiger charge is -2.04. The van der Waals surface area contributed by atoms with E-state index in [-0.39, 0.29) is 18.1 Å². The molecule has 2 N–H and O–H groups in total. The predicted octanol–water partition coefficient (Wildman–Crippen LogP) is 4.18. The fraction of sp³-hybridized carbons (Fsp3) is 0.0526. The van der Waals surface area contributed by atoms with Gasteiger partial charge in [0.25, 0.3) is 11.6 Å². The molecule has 0 unspecified atom stereocenters. The Kier molecular flexibility index (Phi) is 6.18. The Balaban J connectivity index is 1.57. The normalized spacial score (nSPS) is 10.8. The number of nitro benzene ring substituents is 1. The molecule has 0 aliphatic heterocycles. The topological polar surface area (TPSA) is 110 Å². The highest BCUT2D eigenvalue weighted by molar-refractivity contribution is 9.10. The number of halogens is 1. The van der Waals surface area contributed by atoms with Gasteiger partial charge in [0.15, 0.2) is 0 Å². The molecule has 0 bridgehead atoms. The molecule has 0 atom stereocenters. The van der Waals surface area contributed by atoms with Gasteiger partial charge < -0.3 is 9.73 Å². The van der Waals surface area contributed by atoms with Crippen molar-refractivity contribution >= 4 is 39.4 Å². The van der Waals surface area contributed by atoms with E-state index in [0.29, 0.717) is 21.6 Å². The van der Waals surface area contributed by atoms with Crippen LogP contribution in [-0.4, -0.2) is 23.6 Å². The van der Waals surface area contributed by atoms with Gasteiger partial charge in [-0.05, 0) is 46.3 Å². The standard InChI is InChI=1S/C19H15BrN4O4/c20-17-10-14(24(26)27)6-8-16(17)18-9-7-15(28-18)11-22-23-19(25)12-21-13-4-2-1-3-5-13/h1-11,21H,12H2,(H,23,25)/b22-11-. The first-order valence-electron chi connectivity index (χ1n) is 8.18. The summed E-state index contributed by atoms with van der Waals surface area (Å²) in [5, 5.41) is 17.6. The van der Waals surface area contributed by atoms with Gasteiger partial charge in [0.2, 0.25) is 0 Å². The second kappa shape index (κ2) is 8.96. The van der Waals surface area contributed by atoms with E-state index in [1.54, 1.807) is 18.2 Å². The van der Waals surface area contributed by atoms with Crippen LogP contribution < -0.4 is 10.7 Å². The Morgan fingerprint density at radius 2 is 1.96 bits per heavy atom. The number of hydrogen-bond donors (Lipinski definition) is 2. The van der Waals surface area contributed by atoms with Gasteiger partial charge in [-0.2, -0.15) is 5.10 Å². The van der Waals surface area contributed by atoms with Gasteiger partial charge in [-0.1, -0.05) is 18.2 Å². The average Bonchev–Trinajstić information content (AvgIpc) is 3.15. The number of nitro groups is 1. The molecule has 0 aliphatic rings. The van der Waals surface area contributed by atoms with Gasteiger partial charge in [-0.25, -0.2) is 5.43 Å². The van der Waals surface area contributed by atoms with E-state index in [4.69, 9.17) is 4.42 Å². The van der Waals surface area contributed by atoms with Crippen LogP contribution in [0.2, 0.25) is 0 Å². The van der Waals surface area contributed by atoms with E-state index in [1.165, 1.54) is 18.3 Å². The Morgan fingerprint density at radius 3 is 2.68 bits per heavy atom. The van der Waals surface area contributed by atoms with Crippen molar-refractivity contribution < 1.29 is 14.1 Å². The number of rotatable bonds is 7. The Hall–Kier alpha value is -3.46. The van der Waals surface area contributed by atoms with Crippen LogP contribution in [0, 0.1) is 10.1 Å². The van der Waals surface area contributed by atoms with Gasteiger partial charge >= 0.3 is 0 Å². The fourth-order valence-electron chi connectivity index (χ4n) is 2.33. The number of furan rings is 1. The van der Waals surface area contributed by atoms with Crippen molar-refractivity contribution in [3.05, 3.63) is 81.0 Å². The van der Waals surface area contributed by atoms with E-state index in [0.717, 1.165) is 5.69 Å². The molecule has 0 spiro atoms. The highest BCUT2D eigenvalue weighted by atomic mass is 79.9. The van der Waals surface area contributed by atoms with Crippen LogP contribution >= 0.6 is 15.9 Å². The Morgan fingerprint density at radius 1 is 1.18 bits per heavy atom. The lowest BCUT2D eigenvalue weighted by molar-refractivity contribution is -0.384. The molecule has 3 aromatic rings. The molecule has 0 saturated carbocycles. The van der Waals surface area contributed by atoms with Gasteiger partial charge in [0, 0.05) is 27.9 Å². The maximum absolute atomic E-state index is 11.8. The monoisotopic (exact) mass is 442 g/mol. The third-order valence-corrected chi connectivity index (χ3v) is 4.32. The van der Waals surface area contributed by atoms with Gasteiger partial charge in [-0.15, -0.1) is 0 Å². The van der Waals surface area contributed by atoms with Crippen molar-refractivity contribution in [3.8, 4) is 11.3 Å². The Bertz CT molecular complexity index is 1020. The van der Waals surface area contributed by atoms with Crippen LogP contribution in [-0.2, 0) is 4.79 Å². The summed E-state index contributed by atoms with van der Waals surface area (Å²) >= 11 is 3.31. The first-order valence-corrected chi connectivity index (χ1v) is 8.97. The molecule has 8 nitrogen and oxygen atoms in total. The fourth-order valence-corrected chi connectivity index (χ4v) is 2.89. The predicted molar refractivity (Wildman–Crippen MR) is 109 cm³/mol. The first-order chi connectivity index (χ1) is 13.5. The number of amides is 1. The highest BCUT2D eigenvalue weighted by Gasteiger charge is 2.13. The minimum absolute atomic E-state index is 0.0178. The van der Waals surface area contributed by atoms with Gasteiger partial charge in [0.1, 0.15) is 11.5 Å². The van der Waals surface area contributed by atoms with Crippen LogP contribution in [0.5, 0.6) is 0 Å². The maximum Gasteiger partial charge on any atom is 0.270 e. The number of nitrogens with zero attached hydrogens (tertiary/aromatic N) is 2. The number of non-ortho nitro benzene ring substituents is 1. The van der Waals surface area contributed by atoms with Gasteiger partial charge in [0.05, 0.1) is 17.7 Å². The van der Waals surface area contributed by atoms with Crippen molar-refractivity contribution in [3.63, 3.8) is 0 Å². The summed E-state index contributed by atoms with van der Waals surface area (Å²) < 4.78 is 6.19.